The van der Waals surface area contributed by atoms with Crippen molar-refractivity contribution in [2.75, 3.05) is 11.1 Å². The van der Waals surface area contributed by atoms with Gasteiger partial charge in [0, 0.05) is 13.8 Å². The number of carbonyl (C=O) groups excluding carboxylic acids is 1. The average molecular weight is 277 g/mol. The number of anilines is 2. The van der Waals surface area contributed by atoms with E-state index in [0.29, 0.717) is 28.1 Å². The molecule has 0 aliphatic rings. The Morgan fingerprint density at radius 1 is 1.63 bits per heavy atom. The van der Waals surface area contributed by atoms with Gasteiger partial charge >= 0.3 is 0 Å². The Balaban J connectivity index is 2.23. The van der Waals surface area contributed by atoms with Crippen molar-refractivity contribution in [2.45, 2.75) is 20.4 Å². The molecule has 0 aliphatic carbocycles. The molecule has 3 N–H and O–H groups in total. The minimum absolute atomic E-state index is 0.164. The summed E-state index contributed by atoms with van der Waals surface area (Å²) in [6, 6.07) is 1.99. The third kappa shape index (κ3) is 2.56. The van der Waals surface area contributed by atoms with Crippen molar-refractivity contribution in [1.82, 2.24) is 10.1 Å². The number of nitrogens with one attached hydrogen (secondary N) is 1. The lowest BCUT2D eigenvalue weighted by Gasteiger charge is -1.99. The predicted molar refractivity (Wildman–Crippen MR) is 69.8 cm³/mol. The Morgan fingerprint density at radius 3 is 2.89 bits per heavy atom. The second kappa shape index (κ2) is 5.07. The second-order valence-corrected chi connectivity index (χ2v) is 4.82. The molecule has 0 aliphatic heterocycles. The van der Waals surface area contributed by atoms with E-state index in [1.807, 2.05) is 6.07 Å². The van der Waals surface area contributed by atoms with Gasteiger partial charge in [0.2, 0.25) is 5.89 Å². The number of nitrogens with two attached hydrogens (primary N) is 1. The number of nitrogens with zero attached hydrogens (tertiary/aromatic N) is 3. The summed E-state index contributed by atoms with van der Waals surface area (Å²) in [5.41, 5.74) is 6.25. The number of hydrogen-bond donors (Lipinski definition) is 2. The van der Waals surface area contributed by atoms with Crippen molar-refractivity contribution in [3.63, 3.8) is 0 Å². The Bertz CT molecular complexity index is 667. The second-order valence-electron chi connectivity index (χ2n) is 3.80. The smallest absolute Gasteiger partial charge is 0.223 e. The molecule has 0 saturated heterocycles. The van der Waals surface area contributed by atoms with Gasteiger partial charge in [0.25, 0.3) is 0 Å². The molecule has 0 spiro atoms. The van der Waals surface area contributed by atoms with Crippen molar-refractivity contribution in [3.05, 3.63) is 22.2 Å². The number of carbonyl (C=O) groups is 1. The Morgan fingerprint density at radius 2 is 2.37 bits per heavy atom. The lowest BCUT2D eigenvalue weighted by Crippen LogP contribution is -2.01. The Labute approximate surface area is 113 Å². The predicted octanol–water partition coefficient (Wildman–Crippen LogP) is 1.71. The van der Waals surface area contributed by atoms with Gasteiger partial charge in [0.05, 0.1) is 17.1 Å². The van der Waals surface area contributed by atoms with Crippen LogP contribution in [0.25, 0.3) is 0 Å². The third-order valence-electron chi connectivity index (χ3n) is 2.35. The zero-order chi connectivity index (χ0) is 14.0. The normalized spacial score (nSPS) is 10.2. The highest BCUT2D eigenvalue weighted by Gasteiger charge is 2.18. The number of nitriles is 1. The van der Waals surface area contributed by atoms with Gasteiger partial charge in [-0.15, -0.1) is 11.3 Å². The molecule has 2 rings (SSSR count). The highest BCUT2D eigenvalue weighted by Crippen LogP contribution is 2.35. The highest BCUT2D eigenvalue weighted by molar-refractivity contribution is 7.18. The molecule has 0 saturated carbocycles. The highest BCUT2D eigenvalue weighted by atomic mass is 32.1. The molecule has 19 heavy (non-hydrogen) atoms. The van der Waals surface area contributed by atoms with Gasteiger partial charge in [0.15, 0.2) is 11.6 Å². The van der Waals surface area contributed by atoms with Crippen molar-refractivity contribution in [2.24, 2.45) is 0 Å². The maximum atomic E-state index is 11.4. The number of ketones is 1. The van der Waals surface area contributed by atoms with E-state index < -0.39 is 0 Å². The van der Waals surface area contributed by atoms with Crippen LogP contribution in [-0.4, -0.2) is 15.9 Å². The molecule has 0 fully saturated rings. The van der Waals surface area contributed by atoms with E-state index in [-0.39, 0.29) is 17.0 Å². The summed E-state index contributed by atoms with van der Waals surface area (Å²) in [6.07, 6.45) is 0. The summed E-state index contributed by atoms with van der Waals surface area (Å²) >= 11 is 1.15. The zero-order valence-corrected chi connectivity index (χ0v) is 11.2. The minimum Gasteiger partial charge on any atom is -0.396 e. The van der Waals surface area contributed by atoms with Gasteiger partial charge in [-0.25, -0.2) is 0 Å². The SMILES string of the molecule is CC(=O)c1sc(NCc2noc(C)n2)c(C#N)c1N. The number of aromatic nitrogens is 2. The van der Waals surface area contributed by atoms with Gasteiger partial charge in [-0.05, 0) is 0 Å². The number of nitrogen functional groups attached to an aromatic ring is 1. The van der Waals surface area contributed by atoms with E-state index >= 15 is 0 Å². The minimum atomic E-state index is -0.164. The summed E-state index contributed by atoms with van der Waals surface area (Å²) in [5.74, 6) is 0.771. The van der Waals surface area contributed by atoms with Gasteiger partial charge < -0.3 is 15.6 Å². The Hall–Kier alpha value is -2.40. The molecule has 7 nitrogen and oxygen atoms in total. The van der Waals surface area contributed by atoms with Crippen LogP contribution >= 0.6 is 11.3 Å². The molecular formula is C11H11N5O2S. The average Bonchev–Trinajstić information content (AvgIpc) is 2.90. The summed E-state index contributed by atoms with van der Waals surface area (Å²) < 4.78 is 4.84. The third-order valence-corrected chi connectivity index (χ3v) is 3.62. The topological polar surface area (TPSA) is 118 Å². The summed E-state index contributed by atoms with van der Waals surface area (Å²) in [7, 11) is 0. The fourth-order valence-corrected chi connectivity index (χ4v) is 2.48. The van der Waals surface area contributed by atoms with Crippen LogP contribution in [0.3, 0.4) is 0 Å². The maximum Gasteiger partial charge on any atom is 0.223 e. The lowest BCUT2D eigenvalue weighted by molar-refractivity contribution is 0.102. The van der Waals surface area contributed by atoms with Crippen molar-refractivity contribution in [1.29, 1.82) is 5.26 Å². The fraction of sp³-hybridized carbons (Fsp3) is 0.273. The molecule has 2 aromatic rings. The van der Waals surface area contributed by atoms with Crippen LogP contribution in [0, 0.1) is 18.3 Å². The Kier molecular flexibility index (Phi) is 3.48. The molecule has 2 aromatic heterocycles. The van der Waals surface area contributed by atoms with Gasteiger partial charge in [0.1, 0.15) is 16.6 Å². The van der Waals surface area contributed by atoms with Crippen molar-refractivity contribution in [3.8, 4) is 6.07 Å². The van der Waals surface area contributed by atoms with Crippen LogP contribution in [0.2, 0.25) is 0 Å². The van der Waals surface area contributed by atoms with Crippen LogP contribution in [0.4, 0.5) is 10.7 Å². The van der Waals surface area contributed by atoms with Crippen LogP contribution in [0.5, 0.6) is 0 Å². The van der Waals surface area contributed by atoms with Crippen LogP contribution in [0.15, 0.2) is 4.52 Å². The van der Waals surface area contributed by atoms with E-state index in [1.54, 1.807) is 6.92 Å². The summed E-state index contributed by atoms with van der Waals surface area (Å²) in [5, 5.41) is 16.3. The number of hydrogen-bond acceptors (Lipinski definition) is 8. The molecular weight excluding hydrogens is 266 g/mol. The quantitative estimate of drug-likeness (QED) is 0.816. The molecule has 0 amide bonds. The summed E-state index contributed by atoms with van der Waals surface area (Å²) in [6.45, 7) is 3.40. The summed E-state index contributed by atoms with van der Waals surface area (Å²) in [4.78, 5) is 15.8. The maximum absolute atomic E-state index is 11.4. The first-order chi connectivity index (χ1) is 9.02. The van der Waals surface area contributed by atoms with Gasteiger partial charge in [-0.1, -0.05) is 5.16 Å². The van der Waals surface area contributed by atoms with E-state index in [0.717, 1.165) is 11.3 Å². The molecule has 0 unspecified atom stereocenters. The standard InChI is InChI=1S/C11H11N5O2S/c1-5(17)10-9(13)7(3-12)11(19-10)14-4-8-15-6(2)18-16-8/h14H,4,13H2,1-2H3. The van der Waals surface area contributed by atoms with E-state index in [9.17, 15) is 4.79 Å². The molecule has 0 aromatic carbocycles. The van der Waals surface area contributed by atoms with E-state index in [4.69, 9.17) is 15.5 Å². The van der Waals surface area contributed by atoms with Gasteiger partial charge in [-0.2, -0.15) is 10.2 Å². The molecule has 0 radical (unpaired) electrons. The monoisotopic (exact) mass is 277 g/mol. The number of aryl methyl sites for hydroxylation is 1. The number of Topliss-reactive ketones (excluding diaryl/α,β-unsaturated/α-hetero) is 1. The van der Waals surface area contributed by atoms with Gasteiger partial charge in [-0.3, -0.25) is 4.79 Å². The number of thiophene rings is 1. The van der Waals surface area contributed by atoms with E-state index in [2.05, 4.69) is 15.5 Å². The van der Waals surface area contributed by atoms with Crippen LogP contribution < -0.4 is 11.1 Å². The first-order valence-corrected chi connectivity index (χ1v) is 6.21. The molecule has 0 bridgehead atoms. The zero-order valence-electron chi connectivity index (χ0n) is 10.4. The van der Waals surface area contributed by atoms with Crippen LogP contribution in [0.1, 0.15) is 33.9 Å². The molecule has 8 heteroatoms. The van der Waals surface area contributed by atoms with Crippen molar-refractivity contribution < 1.29 is 9.32 Å². The number of rotatable bonds is 4. The fourth-order valence-electron chi connectivity index (χ4n) is 1.51. The van der Waals surface area contributed by atoms with Crippen LogP contribution in [-0.2, 0) is 6.54 Å². The molecule has 2 heterocycles. The molecule has 98 valence electrons. The lowest BCUT2D eigenvalue weighted by atomic mass is 10.2. The van der Waals surface area contributed by atoms with E-state index in [1.165, 1.54) is 6.92 Å². The molecule has 0 atom stereocenters. The first kappa shape index (κ1) is 13.0. The van der Waals surface area contributed by atoms with Crippen molar-refractivity contribution >= 4 is 27.8 Å². The first-order valence-electron chi connectivity index (χ1n) is 5.39. The largest absolute Gasteiger partial charge is 0.396 e.